The monoisotopic (exact) mass is 218 g/mol. The molecular weight excluding hydrogens is 204 g/mol. The molecule has 2 aromatic heterocycles. The van der Waals surface area contributed by atoms with E-state index in [1.54, 1.807) is 19.6 Å². The Kier molecular flexibility index (Phi) is 3.26. The van der Waals surface area contributed by atoms with E-state index in [0.717, 1.165) is 23.6 Å². The van der Waals surface area contributed by atoms with Gasteiger partial charge in [-0.2, -0.15) is 0 Å². The summed E-state index contributed by atoms with van der Waals surface area (Å²) in [6.07, 6.45) is 3.48. The second-order valence-electron chi connectivity index (χ2n) is 3.48. The number of aromatic nitrogens is 4. The Bertz CT molecular complexity index is 467. The van der Waals surface area contributed by atoms with Crippen LogP contribution in [0.3, 0.4) is 0 Å². The van der Waals surface area contributed by atoms with E-state index in [9.17, 15) is 0 Å². The molecular formula is C11H14N4O. The van der Waals surface area contributed by atoms with E-state index in [-0.39, 0.29) is 0 Å². The summed E-state index contributed by atoms with van der Waals surface area (Å²) in [4.78, 5) is 4.24. The fourth-order valence-corrected chi connectivity index (χ4v) is 1.54. The average molecular weight is 218 g/mol. The molecule has 5 heteroatoms. The van der Waals surface area contributed by atoms with Gasteiger partial charge < -0.3 is 9.30 Å². The van der Waals surface area contributed by atoms with Crippen molar-refractivity contribution >= 4 is 0 Å². The van der Waals surface area contributed by atoms with Crippen LogP contribution in [0.2, 0.25) is 0 Å². The maximum Gasteiger partial charge on any atom is 0.165 e. The number of pyridine rings is 1. The Hall–Kier alpha value is -1.75. The molecule has 0 fully saturated rings. The van der Waals surface area contributed by atoms with E-state index in [1.165, 1.54) is 0 Å². The predicted octanol–water partition coefficient (Wildman–Crippen LogP) is 1.29. The minimum Gasteiger partial charge on any atom is -0.383 e. The summed E-state index contributed by atoms with van der Waals surface area (Å²) in [5, 5.41) is 8.04. The molecule has 0 aromatic carbocycles. The van der Waals surface area contributed by atoms with Crippen molar-refractivity contribution in [3.8, 4) is 11.4 Å². The van der Waals surface area contributed by atoms with Gasteiger partial charge in [0.1, 0.15) is 6.33 Å². The molecule has 2 heterocycles. The van der Waals surface area contributed by atoms with Crippen molar-refractivity contribution in [3.05, 3.63) is 30.4 Å². The minimum absolute atomic E-state index is 0.643. The Morgan fingerprint density at radius 2 is 2.31 bits per heavy atom. The first-order chi connectivity index (χ1) is 7.83. The van der Waals surface area contributed by atoms with Crippen LogP contribution < -0.4 is 0 Å². The van der Waals surface area contributed by atoms with E-state index < -0.39 is 0 Å². The summed E-state index contributed by atoms with van der Waals surface area (Å²) in [5.41, 5.74) is 1.96. The quantitative estimate of drug-likeness (QED) is 0.776. The summed E-state index contributed by atoms with van der Waals surface area (Å²) in [6, 6.07) is 3.90. The number of rotatable bonds is 4. The van der Waals surface area contributed by atoms with E-state index >= 15 is 0 Å². The van der Waals surface area contributed by atoms with Gasteiger partial charge in [-0.05, 0) is 19.1 Å². The van der Waals surface area contributed by atoms with Crippen LogP contribution in [0.25, 0.3) is 11.4 Å². The molecule has 0 unspecified atom stereocenters. The molecule has 0 aliphatic carbocycles. The Morgan fingerprint density at radius 3 is 3.06 bits per heavy atom. The van der Waals surface area contributed by atoms with Crippen LogP contribution in [0.1, 0.15) is 5.69 Å². The summed E-state index contributed by atoms with van der Waals surface area (Å²) in [7, 11) is 1.68. The largest absolute Gasteiger partial charge is 0.383 e. The van der Waals surface area contributed by atoms with Gasteiger partial charge in [-0.3, -0.25) is 4.98 Å². The molecule has 0 spiro atoms. The van der Waals surface area contributed by atoms with Gasteiger partial charge in [0.15, 0.2) is 5.82 Å². The van der Waals surface area contributed by atoms with E-state index in [0.29, 0.717) is 6.61 Å². The Morgan fingerprint density at radius 1 is 1.44 bits per heavy atom. The van der Waals surface area contributed by atoms with Gasteiger partial charge in [-0.15, -0.1) is 10.2 Å². The van der Waals surface area contributed by atoms with Gasteiger partial charge >= 0.3 is 0 Å². The van der Waals surface area contributed by atoms with Crippen molar-refractivity contribution in [2.75, 3.05) is 13.7 Å². The molecule has 0 bridgehead atoms. The second kappa shape index (κ2) is 4.85. The zero-order valence-electron chi connectivity index (χ0n) is 9.42. The lowest BCUT2D eigenvalue weighted by molar-refractivity contribution is 0.187. The number of hydrogen-bond donors (Lipinski definition) is 0. The normalized spacial score (nSPS) is 10.6. The zero-order chi connectivity index (χ0) is 11.4. The van der Waals surface area contributed by atoms with Gasteiger partial charge in [0.2, 0.25) is 0 Å². The third-order valence-electron chi connectivity index (χ3n) is 2.40. The molecule has 0 amide bonds. The van der Waals surface area contributed by atoms with Crippen molar-refractivity contribution < 1.29 is 4.74 Å². The highest BCUT2D eigenvalue weighted by Gasteiger charge is 2.09. The number of hydrogen-bond acceptors (Lipinski definition) is 4. The van der Waals surface area contributed by atoms with Crippen molar-refractivity contribution in [1.82, 2.24) is 19.7 Å². The van der Waals surface area contributed by atoms with Gasteiger partial charge in [0.05, 0.1) is 6.61 Å². The third-order valence-corrected chi connectivity index (χ3v) is 2.40. The number of methoxy groups -OCH3 is 1. The van der Waals surface area contributed by atoms with Gasteiger partial charge in [0.25, 0.3) is 0 Å². The molecule has 0 N–H and O–H groups in total. The summed E-state index contributed by atoms with van der Waals surface area (Å²) in [6.45, 7) is 3.35. The lowest BCUT2D eigenvalue weighted by Gasteiger charge is -2.07. The maximum absolute atomic E-state index is 5.04. The van der Waals surface area contributed by atoms with Crippen LogP contribution in [-0.4, -0.2) is 33.5 Å². The molecule has 0 saturated carbocycles. The van der Waals surface area contributed by atoms with Crippen LogP contribution in [-0.2, 0) is 11.3 Å². The highest BCUT2D eigenvalue weighted by Crippen LogP contribution is 2.18. The Labute approximate surface area is 94.1 Å². The molecule has 2 aromatic rings. The molecule has 0 atom stereocenters. The van der Waals surface area contributed by atoms with Gasteiger partial charge in [0, 0.05) is 31.1 Å². The minimum atomic E-state index is 0.643. The van der Waals surface area contributed by atoms with Crippen molar-refractivity contribution in [2.45, 2.75) is 13.5 Å². The molecule has 2 rings (SSSR count). The third kappa shape index (κ3) is 2.09. The predicted molar refractivity (Wildman–Crippen MR) is 59.9 cm³/mol. The smallest absolute Gasteiger partial charge is 0.165 e. The van der Waals surface area contributed by atoms with Crippen molar-refractivity contribution in [2.24, 2.45) is 0 Å². The number of nitrogens with zero attached hydrogens (tertiary/aromatic N) is 4. The molecule has 0 saturated heterocycles. The zero-order valence-corrected chi connectivity index (χ0v) is 9.42. The molecule has 5 nitrogen and oxygen atoms in total. The molecule has 16 heavy (non-hydrogen) atoms. The van der Waals surface area contributed by atoms with E-state index in [2.05, 4.69) is 15.2 Å². The van der Waals surface area contributed by atoms with E-state index in [4.69, 9.17) is 4.74 Å². The van der Waals surface area contributed by atoms with Crippen molar-refractivity contribution in [3.63, 3.8) is 0 Å². The van der Waals surface area contributed by atoms with Crippen LogP contribution in [0.4, 0.5) is 0 Å². The highest BCUT2D eigenvalue weighted by atomic mass is 16.5. The molecule has 0 radical (unpaired) electrons. The van der Waals surface area contributed by atoms with Crippen molar-refractivity contribution in [1.29, 1.82) is 0 Å². The molecule has 0 aliphatic rings. The van der Waals surface area contributed by atoms with E-state index in [1.807, 2.05) is 23.6 Å². The fraction of sp³-hybridized carbons (Fsp3) is 0.364. The summed E-state index contributed by atoms with van der Waals surface area (Å²) >= 11 is 0. The molecule has 84 valence electrons. The summed E-state index contributed by atoms with van der Waals surface area (Å²) in [5.74, 6) is 0.836. The standard InChI is InChI=1S/C11H14N4O/c1-9-10(4-3-5-12-9)11-14-13-8-15(11)6-7-16-2/h3-5,8H,6-7H2,1-2H3. The Balaban J connectivity index is 2.33. The number of ether oxygens (including phenoxy) is 1. The topological polar surface area (TPSA) is 52.8 Å². The fourth-order valence-electron chi connectivity index (χ4n) is 1.54. The second-order valence-corrected chi connectivity index (χ2v) is 3.48. The lowest BCUT2D eigenvalue weighted by Crippen LogP contribution is -2.05. The lowest BCUT2D eigenvalue weighted by atomic mass is 10.2. The number of aryl methyl sites for hydroxylation is 1. The van der Waals surface area contributed by atoms with Crippen LogP contribution in [0.15, 0.2) is 24.7 Å². The van der Waals surface area contributed by atoms with Crippen LogP contribution in [0.5, 0.6) is 0 Å². The first kappa shape index (κ1) is 10.8. The summed E-state index contributed by atoms with van der Waals surface area (Å²) < 4.78 is 7.01. The van der Waals surface area contributed by atoms with Crippen LogP contribution in [0, 0.1) is 6.92 Å². The molecule has 0 aliphatic heterocycles. The highest BCUT2D eigenvalue weighted by molar-refractivity contribution is 5.57. The SMILES string of the molecule is COCCn1cnnc1-c1cccnc1C. The average Bonchev–Trinajstić information content (AvgIpc) is 2.75. The first-order valence-corrected chi connectivity index (χ1v) is 5.11. The first-order valence-electron chi connectivity index (χ1n) is 5.11. The van der Waals surface area contributed by atoms with Gasteiger partial charge in [-0.25, -0.2) is 0 Å². The van der Waals surface area contributed by atoms with Gasteiger partial charge in [-0.1, -0.05) is 0 Å². The maximum atomic E-state index is 5.04. The van der Waals surface area contributed by atoms with Crippen LogP contribution >= 0.6 is 0 Å².